The van der Waals surface area contributed by atoms with E-state index in [9.17, 15) is 24.6 Å². The fraction of sp³-hybridized carbons (Fsp3) is 0.609. The monoisotopic (exact) mass is 451 g/mol. The largest absolute Gasteiger partial charge is 0.508 e. The summed E-state index contributed by atoms with van der Waals surface area (Å²) in [6.45, 7) is 13.1. The third kappa shape index (κ3) is 7.71. The lowest BCUT2D eigenvalue weighted by Crippen LogP contribution is -2.59. The summed E-state index contributed by atoms with van der Waals surface area (Å²) < 4.78 is 5.20. The highest BCUT2D eigenvalue weighted by molar-refractivity contribution is 5.93. The van der Waals surface area contributed by atoms with Gasteiger partial charge in [-0.3, -0.25) is 9.59 Å². The lowest BCUT2D eigenvalue weighted by Gasteiger charge is -2.43. The third-order valence-electron chi connectivity index (χ3n) is 4.30. The summed E-state index contributed by atoms with van der Waals surface area (Å²) >= 11 is 0. The number of rotatable bonds is 7. The summed E-state index contributed by atoms with van der Waals surface area (Å²) in [6, 6.07) is 3.46. The van der Waals surface area contributed by atoms with Crippen LogP contribution in [0.4, 0.5) is 4.79 Å². The topological polar surface area (TPSA) is 128 Å². The Bertz CT molecular complexity index is 811. The Morgan fingerprint density at radius 1 is 1.03 bits per heavy atom. The number of nitrogens with zero attached hydrogens (tertiary/aromatic N) is 1. The number of aromatic hydroxyl groups is 1. The van der Waals surface area contributed by atoms with Gasteiger partial charge < -0.3 is 30.5 Å². The number of alkyl carbamates (subject to hydrolysis) is 1. The minimum Gasteiger partial charge on any atom is -0.508 e. The number of nitrogens with one attached hydrogen (secondary N) is 2. The quantitative estimate of drug-likeness (QED) is 0.504. The molecule has 2 atom stereocenters. The van der Waals surface area contributed by atoms with E-state index in [1.807, 2.05) is 0 Å². The zero-order chi connectivity index (χ0) is 24.9. The number of para-hydroxylation sites is 1. The van der Waals surface area contributed by atoms with Gasteiger partial charge in [-0.05, 0) is 61.5 Å². The van der Waals surface area contributed by atoms with Crippen molar-refractivity contribution in [2.75, 3.05) is 6.61 Å². The standard InChI is InChI=1S/C23H37N3O6/c1-14(2)24-19(29)18(15-11-9-10-12-17(15)28)26(22(3,4)5)20(30)16(13-27)25-21(31)32-23(6,7)8/h9-12,14,16,18,27-28H,13H2,1-8H3,(H,24,29)(H,25,31). The number of carbonyl (C=O) groups excluding carboxylic acids is 3. The van der Waals surface area contributed by atoms with Crippen molar-refractivity contribution in [3.63, 3.8) is 0 Å². The van der Waals surface area contributed by atoms with Crippen LogP contribution >= 0.6 is 0 Å². The van der Waals surface area contributed by atoms with Crippen molar-refractivity contribution in [1.29, 1.82) is 0 Å². The smallest absolute Gasteiger partial charge is 0.408 e. The Hall–Kier alpha value is -2.81. The molecule has 32 heavy (non-hydrogen) atoms. The summed E-state index contributed by atoms with van der Waals surface area (Å²) in [5.74, 6) is -1.35. The van der Waals surface area contributed by atoms with Gasteiger partial charge in [0.2, 0.25) is 11.8 Å². The molecule has 0 spiro atoms. The second-order valence-corrected chi connectivity index (χ2v) is 9.89. The van der Waals surface area contributed by atoms with Gasteiger partial charge in [0.1, 0.15) is 23.4 Å². The predicted octanol–water partition coefficient (Wildman–Crippen LogP) is 2.47. The zero-order valence-corrected chi connectivity index (χ0v) is 20.2. The minimum atomic E-state index is -1.36. The molecule has 0 heterocycles. The lowest BCUT2D eigenvalue weighted by atomic mass is 9.94. The molecular formula is C23H37N3O6. The molecule has 0 aliphatic carbocycles. The van der Waals surface area contributed by atoms with E-state index in [0.717, 1.165) is 0 Å². The number of phenolic OH excluding ortho intramolecular Hbond substituents is 1. The molecule has 0 saturated carbocycles. The van der Waals surface area contributed by atoms with Crippen LogP contribution in [0.2, 0.25) is 0 Å². The molecule has 0 bridgehead atoms. The minimum absolute atomic E-state index is 0.154. The fourth-order valence-electron chi connectivity index (χ4n) is 3.13. The van der Waals surface area contributed by atoms with E-state index < -0.39 is 47.7 Å². The van der Waals surface area contributed by atoms with Gasteiger partial charge in [0.05, 0.1) is 6.61 Å². The van der Waals surface area contributed by atoms with Crippen LogP contribution in [0, 0.1) is 0 Å². The number of benzene rings is 1. The van der Waals surface area contributed by atoms with Gasteiger partial charge in [0.25, 0.3) is 0 Å². The zero-order valence-electron chi connectivity index (χ0n) is 20.2. The van der Waals surface area contributed by atoms with Crippen molar-refractivity contribution < 1.29 is 29.3 Å². The fourth-order valence-corrected chi connectivity index (χ4v) is 3.13. The summed E-state index contributed by atoms with van der Waals surface area (Å²) in [7, 11) is 0. The molecule has 180 valence electrons. The van der Waals surface area contributed by atoms with Crippen LogP contribution in [-0.2, 0) is 14.3 Å². The molecule has 1 rings (SSSR count). The highest BCUT2D eigenvalue weighted by Crippen LogP contribution is 2.34. The Morgan fingerprint density at radius 3 is 2.03 bits per heavy atom. The van der Waals surface area contributed by atoms with E-state index in [1.165, 1.54) is 11.0 Å². The maximum absolute atomic E-state index is 13.6. The normalized spacial score (nSPS) is 13.8. The van der Waals surface area contributed by atoms with Gasteiger partial charge in [-0.25, -0.2) is 4.79 Å². The summed E-state index contributed by atoms with van der Waals surface area (Å²) in [5.41, 5.74) is -1.49. The average Bonchev–Trinajstić information content (AvgIpc) is 2.61. The predicted molar refractivity (Wildman–Crippen MR) is 121 cm³/mol. The van der Waals surface area contributed by atoms with E-state index in [4.69, 9.17) is 4.74 Å². The second kappa shape index (κ2) is 10.7. The molecule has 0 aliphatic rings. The lowest BCUT2D eigenvalue weighted by molar-refractivity contribution is -0.149. The van der Waals surface area contributed by atoms with E-state index in [2.05, 4.69) is 10.6 Å². The Balaban J connectivity index is 3.47. The first-order valence-electron chi connectivity index (χ1n) is 10.6. The number of aliphatic hydroxyl groups is 1. The van der Waals surface area contributed by atoms with Gasteiger partial charge >= 0.3 is 6.09 Å². The van der Waals surface area contributed by atoms with Crippen LogP contribution in [0.25, 0.3) is 0 Å². The van der Waals surface area contributed by atoms with Crippen molar-refractivity contribution >= 4 is 17.9 Å². The average molecular weight is 452 g/mol. The van der Waals surface area contributed by atoms with Crippen LogP contribution in [0.1, 0.15) is 67.0 Å². The van der Waals surface area contributed by atoms with Gasteiger partial charge in [-0.1, -0.05) is 18.2 Å². The van der Waals surface area contributed by atoms with E-state index >= 15 is 0 Å². The Labute approximate surface area is 190 Å². The second-order valence-electron chi connectivity index (χ2n) is 9.89. The van der Waals surface area contributed by atoms with Crippen molar-refractivity contribution in [2.24, 2.45) is 0 Å². The summed E-state index contributed by atoms with van der Waals surface area (Å²) in [5, 5.41) is 25.5. The molecule has 0 fully saturated rings. The molecule has 4 N–H and O–H groups in total. The van der Waals surface area contributed by atoms with Crippen LogP contribution < -0.4 is 10.6 Å². The molecule has 3 amide bonds. The van der Waals surface area contributed by atoms with Gasteiger partial charge in [-0.15, -0.1) is 0 Å². The third-order valence-corrected chi connectivity index (χ3v) is 4.30. The molecule has 0 aliphatic heterocycles. The van der Waals surface area contributed by atoms with Crippen molar-refractivity contribution in [1.82, 2.24) is 15.5 Å². The number of ether oxygens (including phenoxy) is 1. The SMILES string of the molecule is CC(C)NC(=O)C(c1ccccc1O)N(C(=O)C(CO)NC(=O)OC(C)(C)C)C(C)(C)C. The van der Waals surface area contributed by atoms with Gasteiger partial charge in [-0.2, -0.15) is 0 Å². The molecular weight excluding hydrogens is 414 g/mol. The van der Waals surface area contributed by atoms with Gasteiger partial charge in [0, 0.05) is 17.1 Å². The Morgan fingerprint density at radius 2 is 1.59 bits per heavy atom. The first-order valence-corrected chi connectivity index (χ1v) is 10.6. The highest BCUT2D eigenvalue weighted by atomic mass is 16.6. The van der Waals surface area contributed by atoms with Gasteiger partial charge in [0.15, 0.2) is 0 Å². The number of carbonyl (C=O) groups is 3. The molecule has 9 heteroatoms. The molecule has 9 nitrogen and oxygen atoms in total. The van der Waals surface area contributed by atoms with Crippen molar-refractivity contribution in [2.45, 2.75) is 84.7 Å². The van der Waals surface area contributed by atoms with E-state index in [-0.39, 0.29) is 17.4 Å². The first-order chi connectivity index (χ1) is 14.6. The number of hydrogen-bond donors (Lipinski definition) is 4. The maximum atomic E-state index is 13.6. The van der Waals surface area contributed by atoms with Crippen LogP contribution in [0.5, 0.6) is 5.75 Å². The highest BCUT2D eigenvalue weighted by Gasteiger charge is 2.42. The van der Waals surface area contributed by atoms with E-state index in [1.54, 1.807) is 73.6 Å². The Kier molecular flexibility index (Phi) is 9.08. The van der Waals surface area contributed by atoms with Crippen molar-refractivity contribution in [3.05, 3.63) is 29.8 Å². The molecule has 0 saturated heterocycles. The number of phenols is 1. The molecule has 0 aromatic heterocycles. The summed E-state index contributed by atoms with van der Waals surface area (Å²) in [6.07, 6.45) is -0.871. The van der Waals surface area contributed by atoms with Crippen LogP contribution in [-0.4, -0.2) is 62.9 Å². The number of aliphatic hydroxyl groups excluding tert-OH is 1. The van der Waals surface area contributed by atoms with Crippen LogP contribution in [0.3, 0.4) is 0 Å². The van der Waals surface area contributed by atoms with Crippen molar-refractivity contribution in [3.8, 4) is 5.75 Å². The van der Waals surface area contributed by atoms with E-state index in [0.29, 0.717) is 0 Å². The van der Waals surface area contributed by atoms with Crippen LogP contribution in [0.15, 0.2) is 24.3 Å². The molecule has 0 radical (unpaired) electrons. The molecule has 1 aromatic rings. The first kappa shape index (κ1) is 27.2. The molecule has 1 aromatic carbocycles. The number of amides is 3. The molecule has 2 unspecified atom stereocenters. The summed E-state index contributed by atoms with van der Waals surface area (Å²) in [4.78, 5) is 40.3. The number of hydrogen-bond acceptors (Lipinski definition) is 6. The maximum Gasteiger partial charge on any atom is 0.408 e.